The summed E-state index contributed by atoms with van der Waals surface area (Å²) in [5.74, 6) is -0.211. The van der Waals surface area contributed by atoms with Crippen molar-refractivity contribution in [2.24, 2.45) is 5.16 Å². The van der Waals surface area contributed by atoms with Crippen LogP contribution >= 0.6 is 0 Å². The number of carbonyl (C=O) groups excluding carboxylic acids is 1. The SMILES string of the molecule is CON=C1C(=O)C=Cc2nocc21. The van der Waals surface area contributed by atoms with Gasteiger partial charge in [0, 0.05) is 0 Å². The fourth-order valence-corrected chi connectivity index (χ4v) is 1.09. The Hall–Kier alpha value is -1.91. The van der Waals surface area contributed by atoms with E-state index in [1.165, 1.54) is 19.4 Å². The number of hydrogen-bond donors (Lipinski definition) is 0. The molecule has 5 nitrogen and oxygen atoms in total. The van der Waals surface area contributed by atoms with Gasteiger partial charge in [-0.05, 0) is 12.2 Å². The Morgan fingerprint density at radius 2 is 2.38 bits per heavy atom. The van der Waals surface area contributed by atoms with E-state index in [0.717, 1.165) is 0 Å². The number of aromatic nitrogens is 1. The van der Waals surface area contributed by atoms with E-state index in [4.69, 9.17) is 4.52 Å². The van der Waals surface area contributed by atoms with Crippen molar-refractivity contribution in [2.75, 3.05) is 7.11 Å². The van der Waals surface area contributed by atoms with Gasteiger partial charge in [-0.3, -0.25) is 4.79 Å². The second-order valence-electron chi connectivity index (χ2n) is 2.43. The third kappa shape index (κ3) is 1.14. The molecule has 0 bridgehead atoms. The van der Waals surface area contributed by atoms with Crippen molar-refractivity contribution >= 4 is 17.6 Å². The normalized spacial score (nSPS) is 17.6. The Labute approximate surface area is 73.7 Å². The van der Waals surface area contributed by atoms with Gasteiger partial charge in [0.1, 0.15) is 19.1 Å². The molecule has 2 rings (SSSR count). The van der Waals surface area contributed by atoms with Gasteiger partial charge in [-0.1, -0.05) is 10.3 Å². The summed E-state index contributed by atoms with van der Waals surface area (Å²) in [5, 5.41) is 7.27. The van der Waals surface area contributed by atoms with Crippen molar-refractivity contribution in [1.82, 2.24) is 5.16 Å². The lowest BCUT2D eigenvalue weighted by molar-refractivity contribution is -0.109. The average molecular weight is 178 g/mol. The minimum atomic E-state index is -0.211. The van der Waals surface area contributed by atoms with Crippen LogP contribution in [0.1, 0.15) is 11.3 Å². The van der Waals surface area contributed by atoms with E-state index in [-0.39, 0.29) is 11.5 Å². The standard InChI is InChI=1S/C8H6N2O3/c1-12-10-8-5-4-13-9-6(5)2-3-7(8)11/h2-4H,1H3. The lowest BCUT2D eigenvalue weighted by atomic mass is 10.0. The van der Waals surface area contributed by atoms with Crippen LogP contribution in [0.2, 0.25) is 0 Å². The van der Waals surface area contributed by atoms with Crippen molar-refractivity contribution in [3.8, 4) is 0 Å². The first-order chi connectivity index (χ1) is 6.33. The molecule has 0 atom stereocenters. The molecule has 0 N–H and O–H groups in total. The highest BCUT2D eigenvalue weighted by Gasteiger charge is 2.22. The molecule has 0 unspecified atom stereocenters. The number of oxime groups is 1. The Morgan fingerprint density at radius 3 is 3.15 bits per heavy atom. The summed E-state index contributed by atoms with van der Waals surface area (Å²) in [4.78, 5) is 15.8. The van der Waals surface area contributed by atoms with E-state index in [1.54, 1.807) is 6.08 Å². The van der Waals surface area contributed by atoms with Crippen LogP contribution in [-0.2, 0) is 9.63 Å². The Balaban J connectivity index is 2.55. The lowest BCUT2D eigenvalue weighted by Crippen LogP contribution is -2.16. The zero-order chi connectivity index (χ0) is 9.26. The molecule has 1 aliphatic rings. The number of carbonyl (C=O) groups is 1. The van der Waals surface area contributed by atoms with Crippen LogP contribution in [0.3, 0.4) is 0 Å². The quantitative estimate of drug-likeness (QED) is 0.591. The summed E-state index contributed by atoms with van der Waals surface area (Å²) in [6.45, 7) is 0. The maximum absolute atomic E-state index is 11.3. The zero-order valence-corrected chi connectivity index (χ0v) is 6.85. The van der Waals surface area contributed by atoms with Gasteiger partial charge in [0.25, 0.3) is 0 Å². The average Bonchev–Trinajstić information content (AvgIpc) is 2.58. The zero-order valence-electron chi connectivity index (χ0n) is 6.85. The van der Waals surface area contributed by atoms with Crippen molar-refractivity contribution < 1.29 is 14.2 Å². The lowest BCUT2D eigenvalue weighted by Gasteiger charge is -2.02. The van der Waals surface area contributed by atoms with Gasteiger partial charge in [-0.25, -0.2) is 0 Å². The van der Waals surface area contributed by atoms with E-state index in [2.05, 4.69) is 15.1 Å². The van der Waals surface area contributed by atoms with Gasteiger partial charge in [0.05, 0.1) is 5.56 Å². The third-order valence-electron chi connectivity index (χ3n) is 1.66. The maximum Gasteiger partial charge on any atom is 0.208 e. The summed E-state index contributed by atoms with van der Waals surface area (Å²) in [7, 11) is 1.38. The second kappa shape index (κ2) is 2.85. The van der Waals surface area contributed by atoms with E-state index in [9.17, 15) is 4.79 Å². The number of rotatable bonds is 1. The largest absolute Gasteiger partial charge is 0.399 e. The van der Waals surface area contributed by atoms with Gasteiger partial charge in [0.15, 0.2) is 5.71 Å². The third-order valence-corrected chi connectivity index (χ3v) is 1.66. The van der Waals surface area contributed by atoms with Gasteiger partial charge >= 0.3 is 0 Å². The second-order valence-corrected chi connectivity index (χ2v) is 2.43. The summed E-state index contributed by atoms with van der Waals surface area (Å²) in [6.07, 6.45) is 4.33. The molecule has 1 aromatic rings. The van der Waals surface area contributed by atoms with Crippen molar-refractivity contribution in [1.29, 1.82) is 0 Å². The summed E-state index contributed by atoms with van der Waals surface area (Å²) >= 11 is 0. The smallest absolute Gasteiger partial charge is 0.208 e. The predicted molar refractivity (Wildman–Crippen MR) is 44.1 cm³/mol. The van der Waals surface area contributed by atoms with E-state index >= 15 is 0 Å². The van der Waals surface area contributed by atoms with E-state index < -0.39 is 0 Å². The monoisotopic (exact) mass is 178 g/mol. The molecule has 0 saturated heterocycles. The van der Waals surface area contributed by atoms with Gasteiger partial charge in [-0.2, -0.15) is 0 Å². The molecule has 0 radical (unpaired) electrons. The van der Waals surface area contributed by atoms with Crippen LogP contribution in [0.4, 0.5) is 0 Å². The minimum Gasteiger partial charge on any atom is -0.399 e. The van der Waals surface area contributed by atoms with Crippen molar-refractivity contribution in [3.05, 3.63) is 23.6 Å². The molecule has 0 spiro atoms. The fraction of sp³-hybridized carbons (Fsp3) is 0.125. The first kappa shape index (κ1) is 7.72. The molecule has 13 heavy (non-hydrogen) atoms. The highest BCUT2D eigenvalue weighted by molar-refractivity contribution is 6.51. The number of ketones is 1. The minimum absolute atomic E-state index is 0.211. The van der Waals surface area contributed by atoms with Gasteiger partial charge in [-0.15, -0.1) is 0 Å². The molecule has 5 heteroatoms. The van der Waals surface area contributed by atoms with E-state index in [0.29, 0.717) is 11.3 Å². The topological polar surface area (TPSA) is 64.7 Å². The number of fused-ring (bicyclic) bond motifs is 1. The van der Waals surface area contributed by atoms with Crippen LogP contribution in [0.5, 0.6) is 0 Å². The predicted octanol–water partition coefficient (Wildman–Crippen LogP) is 0.621. The number of hydrogen-bond acceptors (Lipinski definition) is 5. The van der Waals surface area contributed by atoms with Gasteiger partial charge in [0.2, 0.25) is 5.78 Å². The molecule has 1 aromatic heterocycles. The van der Waals surface area contributed by atoms with Gasteiger partial charge < -0.3 is 9.36 Å². The highest BCUT2D eigenvalue weighted by Crippen LogP contribution is 2.16. The van der Waals surface area contributed by atoms with Crippen LogP contribution in [0, 0.1) is 0 Å². The van der Waals surface area contributed by atoms with E-state index in [1.807, 2.05) is 0 Å². The molecular formula is C8H6N2O3. The molecule has 0 aliphatic heterocycles. The van der Waals surface area contributed by atoms with Crippen LogP contribution in [0.25, 0.3) is 6.08 Å². The first-order valence-electron chi connectivity index (χ1n) is 3.61. The molecule has 0 amide bonds. The first-order valence-corrected chi connectivity index (χ1v) is 3.61. The molecule has 1 heterocycles. The Bertz CT molecular complexity index is 403. The Morgan fingerprint density at radius 1 is 1.54 bits per heavy atom. The summed E-state index contributed by atoms with van der Waals surface area (Å²) in [6, 6.07) is 0. The molecular weight excluding hydrogens is 172 g/mol. The van der Waals surface area contributed by atoms with Crippen molar-refractivity contribution in [2.45, 2.75) is 0 Å². The summed E-state index contributed by atoms with van der Waals surface area (Å²) < 4.78 is 4.70. The molecule has 66 valence electrons. The van der Waals surface area contributed by atoms with Crippen LogP contribution in [0.15, 0.2) is 22.0 Å². The maximum atomic E-state index is 11.3. The van der Waals surface area contributed by atoms with Crippen LogP contribution < -0.4 is 0 Å². The highest BCUT2D eigenvalue weighted by atomic mass is 16.6. The summed E-state index contributed by atoms with van der Waals surface area (Å²) in [5.41, 5.74) is 1.38. The molecule has 1 aliphatic carbocycles. The molecule has 0 aromatic carbocycles. The Kier molecular flexibility index (Phi) is 1.70. The fourth-order valence-electron chi connectivity index (χ4n) is 1.09. The number of nitrogens with zero attached hydrogens (tertiary/aromatic N) is 2. The van der Waals surface area contributed by atoms with Crippen LogP contribution in [-0.4, -0.2) is 23.8 Å². The number of allylic oxidation sites excluding steroid dienone is 1. The van der Waals surface area contributed by atoms with Crippen molar-refractivity contribution in [3.63, 3.8) is 0 Å². The molecule has 0 fully saturated rings. The molecule has 0 saturated carbocycles.